The van der Waals surface area contributed by atoms with Crippen molar-refractivity contribution in [3.63, 3.8) is 0 Å². The summed E-state index contributed by atoms with van der Waals surface area (Å²) in [4.78, 5) is 11.4. The van der Waals surface area contributed by atoms with Crippen molar-refractivity contribution in [2.45, 2.75) is 25.1 Å². The van der Waals surface area contributed by atoms with Gasteiger partial charge in [0, 0.05) is 24.6 Å². The van der Waals surface area contributed by atoms with E-state index >= 15 is 0 Å². The number of hydrogen-bond acceptors (Lipinski definition) is 2. The number of nitrogens with zero attached hydrogens (tertiary/aromatic N) is 1. The molecule has 6 heteroatoms. The van der Waals surface area contributed by atoms with E-state index in [-0.39, 0.29) is 6.04 Å². The van der Waals surface area contributed by atoms with Gasteiger partial charge >= 0.3 is 11.4 Å². The predicted octanol–water partition coefficient (Wildman–Crippen LogP) is 2.87. The molecule has 0 radical (unpaired) electrons. The zero-order valence-corrected chi connectivity index (χ0v) is 8.28. The lowest BCUT2D eigenvalue weighted by molar-refractivity contribution is -0.804. The van der Waals surface area contributed by atoms with Gasteiger partial charge in [0.2, 0.25) is 5.70 Å². The molecule has 0 bridgehead atoms. The van der Waals surface area contributed by atoms with Gasteiger partial charge in [0.15, 0.2) is 0 Å². The fraction of sp³-hybridized carbons (Fsp3) is 0.625. The molecule has 0 aromatic heterocycles. The summed E-state index contributed by atoms with van der Waals surface area (Å²) >= 11 is 0.659. The van der Waals surface area contributed by atoms with Crippen LogP contribution < -0.4 is 0 Å². The molecule has 14 heavy (non-hydrogen) atoms. The molecule has 0 aromatic carbocycles. The minimum absolute atomic E-state index is 0.162. The first-order valence-corrected chi connectivity index (χ1v) is 5.10. The Bertz CT molecular complexity index is 321. The van der Waals surface area contributed by atoms with E-state index in [2.05, 4.69) is 0 Å². The monoisotopic (exact) mass is 224 g/mol. The van der Waals surface area contributed by atoms with E-state index in [0.717, 1.165) is 5.41 Å². The Balaban J connectivity index is 2.37. The summed E-state index contributed by atoms with van der Waals surface area (Å²) in [6.07, 6.45) is -2.98. The lowest BCUT2D eigenvalue weighted by atomic mass is 10.3. The zero-order chi connectivity index (χ0) is 10.6. The second kappa shape index (κ2) is 2.76. The van der Waals surface area contributed by atoms with Gasteiger partial charge in [0.25, 0.3) is 0 Å². The van der Waals surface area contributed by atoms with Gasteiger partial charge < -0.3 is 0 Å². The normalized spacial score (nSPS) is 33.4. The highest BCUT2D eigenvalue weighted by atomic mass is 32.2. The lowest BCUT2D eigenvalue weighted by Crippen LogP contribution is -2.49. The maximum absolute atomic E-state index is 12.6. The van der Waals surface area contributed by atoms with Crippen LogP contribution in [0.4, 0.5) is 18.0 Å². The molecule has 1 saturated carbocycles. The number of carbonyl (C=O) groups is 1. The Morgan fingerprint density at radius 3 is 2.50 bits per heavy atom. The minimum atomic E-state index is -4.39. The van der Waals surface area contributed by atoms with Crippen LogP contribution in [0.2, 0.25) is 0 Å². The van der Waals surface area contributed by atoms with Crippen molar-refractivity contribution in [3.05, 3.63) is 11.1 Å². The Morgan fingerprint density at radius 1 is 1.50 bits per heavy atom. The number of halogens is 3. The van der Waals surface area contributed by atoms with Crippen molar-refractivity contribution >= 4 is 17.0 Å². The average Bonchev–Trinajstić information content (AvgIpc) is 2.80. The highest BCUT2D eigenvalue weighted by Gasteiger charge is 2.61. The maximum Gasteiger partial charge on any atom is 0.468 e. The molecule has 1 fully saturated rings. The number of amides is 1. The second-order valence-electron chi connectivity index (χ2n) is 3.69. The SMILES string of the molecule is C[N+]1(C2CC2)C(=O)SC=C1C(F)(F)F. The molecular formula is C8H9F3NOS+. The number of thioether (sulfide) groups is 1. The molecule has 0 saturated heterocycles. The molecule has 1 atom stereocenters. The van der Waals surface area contributed by atoms with Crippen LogP contribution in [-0.2, 0) is 0 Å². The van der Waals surface area contributed by atoms with E-state index in [4.69, 9.17) is 0 Å². The summed E-state index contributed by atoms with van der Waals surface area (Å²) in [6.45, 7) is 0. The number of hydrogen-bond donors (Lipinski definition) is 0. The molecule has 0 spiro atoms. The zero-order valence-electron chi connectivity index (χ0n) is 7.47. The van der Waals surface area contributed by atoms with Gasteiger partial charge in [-0.05, 0) is 0 Å². The summed E-state index contributed by atoms with van der Waals surface area (Å²) in [5, 5.41) is 0.528. The number of carbonyl (C=O) groups excluding carboxylic acids is 1. The molecule has 2 rings (SSSR count). The molecule has 0 aromatic rings. The molecule has 1 aliphatic heterocycles. The molecule has 1 aliphatic carbocycles. The Morgan fingerprint density at radius 2 is 2.07 bits per heavy atom. The van der Waals surface area contributed by atoms with Crippen molar-refractivity contribution in [1.82, 2.24) is 0 Å². The average molecular weight is 224 g/mol. The van der Waals surface area contributed by atoms with Crippen molar-refractivity contribution in [2.75, 3.05) is 7.05 Å². The second-order valence-corrected chi connectivity index (χ2v) is 4.51. The van der Waals surface area contributed by atoms with E-state index in [0.29, 0.717) is 24.6 Å². The smallest absolute Gasteiger partial charge is 0.218 e. The van der Waals surface area contributed by atoms with Crippen molar-refractivity contribution in [1.29, 1.82) is 0 Å². The minimum Gasteiger partial charge on any atom is -0.218 e. The molecular weight excluding hydrogens is 215 g/mol. The van der Waals surface area contributed by atoms with Crippen LogP contribution in [0.25, 0.3) is 0 Å². The fourth-order valence-corrected chi connectivity index (χ4v) is 2.72. The first-order valence-electron chi connectivity index (χ1n) is 4.22. The molecule has 2 aliphatic rings. The number of alkyl halides is 3. The van der Waals surface area contributed by atoms with Gasteiger partial charge in [-0.2, -0.15) is 13.2 Å². The molecule has 2 nitrogen and oxygen atoms in total. The van der Waals surface area contributed by atoms with Crippen LogP contribution in [0.3, 0.4) is 0 Å². The molecule has 1 amide bonds. The summed E-state index contributed by atoms with van der Waals surface area (Å²) in [5.41, 5.74) is -0.713. The third kappa shape index (κ3) is 1.28. The topological polar surface area (TPSA) is 17.1 Å². The lowest BCUT2D eigenvalue weighted by Gasteiger charge is -2.28. The molecule has 78 valence electrons. The highest BCUT2D eigenvalue weighted by molar-refractivity contribution is 8.16. The van der Waals surface area contributed by atoms with Crippen molar-refractivity contribution in [2.24, 2.45) is 0 Å². The van der Waals surface area contributed by atoms with Crippen LogP contribution in [0, 0.1) is 0 Å². The molecule has 1 unspecified atom stereocenters. The highest BCUT2D eigenvalue weighted by Crippen LogP contribution is 2.49. The number of quaternary nitrogens is 1. The van der Waals surface area contributed by atoms with Crippen LogP contribution >= 0.6 is 11.8 Å². The predicted molar refractivity (Wildman–Crippen MR) is 46.3 cm³/mol. The standard InChI is InChI=1S/C8H9F3NOS/c1-12(5-2-3-5)6(8(9,10)11)4-14-7(12)13/h4-5H,2-3H2,1H3/q+1. The van der Waals surface area contributed by atoms with Gasteiger partial charge in [-0.1, -0.05) is 0 Å². The first-order chi connectivity index (χ1) is 6.37. The summed E-state index contributed by atoms with van der Waals surface area (Å²) in [5.74, 6) is 0. The summed E-state index contributed by atoms with van der Waals surface area (Å²) < 4.78 is 37.1. The van der Waals surface area contributed by atoms with E-state index in [1.807, 2.05) is 0 Å². The van der Waals surface area contributed by atoms with Crippen LogP contribution in [-0.4, -0.2) is 29.0 Å². The van der Waals surface area contributed by atoms with Gasteiger partial charge in [-0.25, -0.2) is 9.28 Å². The third-order valence-corrected chi connectivity index (χ3v) is 3.64. The van der Waals surface area contributed by atoms with Gasteiger partial charge in [-0.3, -0.25) is 0 Å². The van der Waals surface area contributed by atoms with Crippen LogP contribution in [0.15, 0.2) is 11.1 Å². The summed E-state index contributed by atoms with van der Waals surface area (Å²) in [7, 11) is 1.36. The van der Waals surface area contributed by atoms with E-state index in [1.165, 1.54) is 7.05 Å². The quantitative estimate of drug-likeness (QED) is 0.637. The molecule has 0 N–H and O–H groups in total. The number of allylic oxidation sites excluding steroid dienone is 1. The van der Waals surface area contributed by atoms with Gasteiger partial charge in [-0.15, -0.1) is 0 Å². The van der Waals surface area contributed by atoms with Crippen molar-refractivity contribution < 1.29 is 22.4 Å². The van der Waals surface area contributed by atoms with E-state index in [9.17, 15) is 18.0 Å². The number of rotatable bonds is 1. The van der Waals surface area contributed by atoms with Gasteiger partial charge in [0.05, 0.1) is 12.5 Å². The van der Waals surface area contributed by atoms with Crippen LogP contribution in [0.1, 0.15) is 12.8 Å². The van der Waals surface area contributed by atoms with Gasteiger partial charge in [0.1, 0.15) is 6.04 Å². The first kappa shape index (κ1) is 10.0. The van der Waals surface area contributed by atoms with Crippen LogP contribution in [0.5, 0.6) is 0 Å². The molecule has 1 heterocycles. The Labute approximate surface area is 83.3 Å². The fourth-order valence-electron chi connectivity index (χ4n) is 1.69. The van der Waals surface area contributed by atoms with E-state index < -0.39 is 21.6 Å². The Hall–Kier alpha value is -0.490. The van der Waals surface area contributed by atoms with Crippen molar-refractivity contribution in [3.8, 4) is 0 Å². The largest absolute Gasteiger partial charge is 0.468 e. The summed E-state index contributed by atoms with van der Waals surface area (Å²) in [6, 6.07) is -0.162. The Kier molecular flexibility index (Phi) is 1.98. The maximum atomic E-state index is 12.6. The van der Waals surface area contributed by atoms with E-state index in [1.54, 1.807) is 0 Å². The third-order valence-electron chi connectivity index (χ3n) is 2.72.